The Labute approximate surface area is 147 Å². The van der Waals surface area contributed by atoms with Crippen LogP contribution >= 0.6 is 0 Å². The van der Waals surface area contributed by atoms with Gasteiger partial charge in [0.2, 0.25) is 10.0 Å². The Morgan fingerprint density at radius 1 is 1.12 bits per heavy atom. The molecule has 10 heteroatoms. The Kier molecular flexibility index (Phi) is 4.32. The van der Waals surface area contributed by atoms with Gasteiger partial charge in [-0.3, -0.25) is 4.98 Å². The van der Waals surface area contributed by atoms with E-state index in [-0.39, 0.29) is 27.7 Å². The summed E-state index contributed by atoms with van der Waals surface area (Å²) in [6.07, 6.45) is -3.23. The van der Waals surface area contributed by atoms with E-state index in [2.05, 4.69) is 15.0 Å². The molecule has 6 nitrogen and oxygen atoms in total. The Morgan fingerprint density at radius 2 is 1.77 bits per heavy atom. The van der Waals surface area contributed by atoms with Crippen LogP contribution in [0.2, 0.25) is 0 Å². The summed E-state index contributed by atoms with van der Waals surface area (Å²) in [4.78, 5) is 10.1. The van der Waals surface area contributed by atoms with E-state index in [0.29, 0.717) is 0 Å². The Balaban J connectivity index is 2.14. The van der Waals surface area contributed by atoms with E-state index in [9.17, 15) is 21.6 Å². The molecule has 26 heavy (non-hydrogen) atoms. The zero-order valence-electron chi connectivity index (χ0n) is 13.4. The van der Waals surface area contributed by atoms with Crippen molar-refractivity contribution < 1.29 is 21.6 Å². The third kappa shape index (κ3) is 3.60. The van der Waals surface area contributed by atoms with Crippen LogP contribution in [0, 0.1) is 6.92 Å². The Bertz CT molecular complexity index is 1060. The lowest BCUT2D eigenvalue weighted by molar-refractivity contribution is -0.140. The van der Waals surface area contributed by atoms with Crippen molar-refractivity contribution in [2.45, 2.75) is 18.0 Å². The summed E-state index contributed by atoms with van der Waals surface area (Å²) in [6.45, 7) is 1.78. The number of imidazole rings is 1. The maximum Gasteiger partial charge on any atom is 0.435 e. The molecular formula is C16H13F3N4O2S. The first-order valence-corrected chi connectivity index (χ1v) is 8.84. The highest BCUT2D eigenvalue weighted by molar-refractivity contribution is 7.89. The summed E-state index contributed by atoms with van der Waals surface area (Å²) in [5.74, 6) is -0.0356. The number of nitrogens with two attached hydrogens (primary N) is 1. The molecule has 0 saturated carbocycles. The average molecular weight is 382 g/mol. The van der Waals surface area contributed by atoms with Crippen LogP contribution in [-0.2, 0) is 16.2 Å². The fourth-order valence-corrected chi connectivity index (χ4v) is 2.90. The second-order valence-corrected chi connectivity index (χ2v) is 7.16. The zero-order valence-corrected chi connectivity index (χ0v) is 14.2. The number of aromatic nitrogens is 3. The maximum atomic E-state index is 13.4. The molecule has 0 atom stereocenters. The summed E-state index contributed by atoms with van der Waals surface area (Å²) >= 11 is 0. The van der Waals surface area contributed by atoms with Crippen LogP contribution in [0.4, 0.5) is 13.2 Å². The van der Waals surface area contributed by atoms with Crippen molar-refractivity contribution in [1.29, 1.82) is 0 Å². The fourth-order valence-electron chi connectivity index (χ4n) is 2.39. The number of nitrogens with zero attached hydrogens (tertiary/aromatic N) is 2. The van der Waals surface area contributed by atoms with Gasteiger partial charge in [0, 0.05) is 11.8 Å². The van der Waals surface area contributed by atoms with Crippen molar-refractivity contribution in [2.24, 2.45) is 5.14 Å². The minimum Gasteiger partial charge on any atom is -0.336 e. The number of rotatable bonds is 3. The van der Waals surface area contributed by atoms with Crippen LogP contribution in [-0.4, -0.2) is 23.4 Å². The molecule has 0 aliphatic rings. The average Bonchev–Trinajstić information content (AvgIpc) is 3.00. The Morgan fingerprint density at radius 3 is 2.31 bits per heavy atom. The monoisotopic (exact) mass is 382 g/mol. The molecule has 0 saturated heterocycles. The highest BCUT2D eigenvalue weighted by Gasteiger charge is 2.38. The molecule has 0 spiro atoms. The lowest BCUT2D eigenvalue weighted by atomic mass is 10.1. The molecule has 0 fully saturated rings. The van der Waals surface area contributed by atoms with Crippen LogP contribution < -0.4 is 5.14 Å². The summed E-state index contributed by atoms with van der Waals surface area (Å²) in [7, 11) is -3.94. The highest BCUT2D eigenvalue weighted by Crippen LogP contribution is 2.37. The van der Waals surface area contributed by atoms with E-state index in [1.807, 2.05) is 0 Å². The molecule has 0 radical (unpaired) electrons. The maximum absolute atomic E-state index is 13.4. The van der Waals surface area contributed by atoms with E-state index in [4.69, 9.17) is 5.14 Å². The highest BCUT2D eigenvalue weighted by atomic mass is 32.2. The smallest absolute Gasteiger partial charge is 0.336 e. The van der Waals surface area contributed by atoms with Gasteiger partial charge in [-0.05, 0) is 36.8 Å². The molecule has 136 valence electrons. The summed E-state index contributed by atoms with van der Waals surface area (Å²) in [5, 5.41) is 5.00. The molecule has 0 aliphatic heterocycles. The minimum absolute atomic E-state index is 0.0356. The number of nitrogens with one attached hydrogen (secondary N) is 1. The van der Waals surface area contributed by atoms with Crippen LogP contribution in [0.3, 0.4) is 0 Å². The summed E-state index contributed by atoms with van der Waals surface area (Å²) < 4.78 is 62.8. The van der Waals surface area contributed by atoms with Crippen molar-refractivity contribution in [1.82, 2.24) is 15.0 Å². The normalized spacial score (nSPS) is 12.3. The second-order valence-electron chi connectivity index (χ2n) is 5.59. The molecule has 0 bridgehead atoms. The van der Waals surface area contributed by atoms with Gasteiger partial charge in [-0.25, -0.2) is 18.5 Å². The molecule has 3 N–H and O–H groups in total. The number of hydrogen-bond acceptors (Lipinski definition) is 4. The lowest BCUT2D eigenvalue weighted by Gasteiger charge is -2.06. The first-order chi connectivity index (χ1) is 12.1. The number of sulfonamides is 1. The van der Waals surface area contributed by atoms with Gasteiger partial charge in [0.1, 0.15) is 5.69 Å². The van der Waals surface area contributed by atoms with E-state index in [1.54, 1.807) is 19.1 Å². The summed E-state index contributed by atoms with van der Waals surface area (Å²) in [5.41, 5.74) is -0.186. The van der Waals surface area contributed by atoms with E-state index < -0.39 is 21.9 Å². The molecular weight excluding hydrogens is 369 g/mol. The predicted octanol–water partition coefficient (Wildman–Crippen LogP) is 3.11. The SMILES string of the molecule is Cc1ccnc(-c2nc(C(F)(F)F)c(-c3ccc(S(N)(=O)=O)cc3)[nH]2)c1. The number of aryl methyl sites for hydroxylation is 1. The quantitative estimate of drug-likeness (QED) is 0.727. The number of alkyl halides is 3. The van der Waals surface area contributed by atoms with Crippen LogP contribution in [0.15, 0.2) is 47.5 Å². The van der Waals surface area contributed by atoms with E-state index >= 15 is 0 Å². The van der Waals surface area contributed by atoms with Gasteiger partial charge in [0.05, 0.1) is 10.6 Å². The van der Waals surface area contributed by atoms with Crippen LogP contribution in [0.5, 0.6) is 0 Å². The lowest BCUT2D eigenvalue weighted by Crippen LogP contribution is -2.12. The van der Waals surface area contributed by atoms with Crippen LogP contribution in [0.1, 0.15) is 11.3 Å². The number of aromatic amines is 1. The van der Waals surface area contributed by atoms with Crippen molar-refractivity contribution in [3.63, 3.8) is 0 Å². The largest absolute Gasteiger partial charge is 0.435 e. The molecule has 0 amide bonds. The molecule has 2 heterocycles. The van der Waals surface area contributed by atoms with E-state index in [1.165, 1.54) is 18.3 Å². The van der Waals surface area contributed by atoms with Crippen molar-refractivity contribution in [2.75, 3.05) is 0 Å². The van der Waals surface area contributed by atoms with Crippen LogP contribution in [0.25, 0.3) is 22.8 Å². The first kappa shape index (κ1) is 18.1. The predicted molar refractivity (Wildman–Crippen MR) is 88.4 cm³/mol. The van der Waals surface area contributed by atoms with Crippen molar-refractivity contribution >= 4 is 10.0 Å². The third-order valence-electron chi connectivity index (χ3n) is 3.60. The van der Waals surface area contributed by atoms with Gasteiger partial charge < -0.3 is 4.98 Å². The van der Waals surface area contributed by atoms with Gasteiger partial charge in [-0.2, -0.15) is 13.2 Å². The number of halogens is 3. The summed E-state index contributed by atoms with van der Waals surface area (Å²) in [6, 6.07) is 8.05. The molecule has 3 aromatic rings. The molecule has 2 aromatic heterocycles. The number of H-pyrrole nitrogens is 1. The topological polar surface area (TPSA) is 102 Å². The fraction of sp³-hybridized carbons (Fsp3) is 0.125. The number of benzene rings is 1. The van der Waals surface area contributed by atoms with Gasteiger partial charge in [-0.1, -0.05) is 12.1 Å². The molecule has 0 unspecified atom stereocenters. The number of primary sulfonamides is 1. The minimum atomic E-state index is -4.70. The standard InChI is InChI=1S/C16H13F3N4O2S/c1-9-6-7-21-12(8-9)15-22-13(14(23-15)16(17,18)19)10-2-4-11(5-3-10)26(20,24)25/h2-8H,1H3,(H,22,23)(H2,20,24,25). The van der Waals surface area contributed by atoms with Crippen molar-refractivity contribution in [3.05, 3.63) is 53.9 Å². The van der Waals surface area contributed by atoms with Crippen molar-refractivity contribution in [3.8, 4) is 22.8 Å². The van der Waals surface area contributed by atoms with Gasteiger partial charge >= 0.3 is 6.18 Å². The van der Waals surface area contributed by atoms with Gasteiger partial charge in [-0.15, -0.1) is 0 Å². The third-order valence-corrected chi connectivity index (χ3v) is 4.53. The molecule has 1 aromatic carbocycles. The van der Waals surface area contributed by atoms with Gasteiger partial charge in [0.15, 0.2) is 11.5 Å². The molecule has 3 rings (SSSR count). The van der Waals surface area contributed by atoms with E-state index in [0.717, 1.165) is 17.7 Å². The number of pyridine rings is 1. The zero-order chi connectivity index (χ0) is 19.1. The first-order valence-electron chi connectivity index (χ1n) is 7.29. The Hall–Kier alpha value is -2.72. The van der Waals surface area contributed by atoms with Gasteiger partial charge in [0.25, 0.3) is 0 Å². The second kappa shape index (κ2) is 6.22. The number of hydrogen-bond donors (Lipinski definition) is 2. The molecule has 0 aliphatic carbocycles.